The van der Waals surface area contributed by atoms with Gasteiger partial charge in [0.15, 0.2) is 0 Å². The number of hydrogen-bond donors (Lipinski definition) is 1. The molecule has 31 heavy (non-hydrogen) atoms. The van der Waals surface area contributed by atoms with Crippen molar-refractivity contribution < 1.29 is 9.94 Å². The Morgan fingerprint density at radius 1 is 1.06 bits per heavy atom. The minimum absolute atomic E-state index is 0.0827. The quantitative estimate of drug-likeness (QED) is 0.352. The number of morpholine rings is 1. The van der Waals surface area contributed by atoms with Gasteiger partial charge in [0.25, 0.3) is 0 Å². The van der Waals surface area contributed by atoms with Gasteiger partial charge in [-0.1, -0.05) is 41.6 Å². The normalized spacial score (nSPS) is 15.7. The van der Waals surface area contributed by atoms with Crippen molar-refractivity contribution in [3.63, 3.8) is 0 Å². The lowest BCUT2D eigenvalue weighted by molar-refractivity contribution is 0.122. The SMILES string of the molecule is Cc1cc(C(C[C@H](c2ccc(N3CCOCC3)cc2)c2ccccc2C)=NO)ccn1. The molecule has 2 heterocycles. The Balaban J connectivity index is 1.67. The molecule has 1 fully saturated rings. The lowest BCUT2D eigenvalue weighted by atomic mass is 9.83. The second-order valence-corrected chi connectivity index (χ2v) is 8.04. The molecule has 0 spiro atoms. The molecule has 1 aromatic heterocycles. The predicted octanol–water partition coefficient (Wildman–Crippen LogP) is 4.94. The molecule has 0 aliphatic carbocycles. The topological polar surface area (TPSA) is 58.0 Å². The van der Waals surface area contributed by atoms with E-state index in [0.717, 1.165) is 37.6 Å². The zero-order chi connectivity index (χ0) is 21.6. The summed E-state index contributed by atoms with van der Waals surface area (Å²) < 4.78 is 5.48. The summed E-state index contributed by atoms with van der Waals surface area (Å²) in [5, 5.41) is 13.5. The second kappa shape index (κ2) is 9.75. The molecule has 1 aliphatic rings. The summed E-state index contributed by atoms with van der Waals surface area (Å²) >= 11 is 0. The highest BCUT2D eigenvalue weighted by atomic mass is 16.5. The second-order valence-electron chi connectivity index (χ2n) is 8.04. The highest BCUT2D eigenvalue weighted by Gasteiger charge is 2.21. The minimum atomic E-state index is 0.0827. The van der Waals surface area contributed by atoms with E-state index in [-0.39, 0.29) is 5.92 Å². The fourth-order valence-corrected chi connectivity index (χ4v) is 4.26. The molecule has 0 bridgehead atoms. The van der Waals surface area contributed by atoms with Crippen LogP contribution in [0.25, 0.3) is 0 Å². The molecule has 1 aliphatic heterocycles. The van der Waals surface area contributed by atoms with E-state index in [1.165, 1.54) is 22.4 Å². The van der Waals surface area contributed by atoms with Gasteiger partial charge < -0.3 is 14.8 Å². The van der Waals surface area contributed by atoms with E-state index in [0.29, 0.717) is 12.1 Å². The summed E-state index contributed by atoms with van der Waals surface area (Å²) in [5.41, 5.74) is 7.37. The molecule has 0 saturated carbocycles. The molecule has 3 aromatic rings. The van der Waals surface area contributed by atoms with E-state index >= 15 is 0 Å². The van der Waals surface area contributed by atoms with Gasteiger partial charge in [0.2, 0.25) is 0 Å². The van der Waals surface area contributed by atoms with E-state index in [4.69, 9.17) is 4.74 Å². The Hall–Kier alpha value is -3.18. The Labute approximate surface area is 184 Å². The number of anilines is 1. The number of pyridine rings is 1. The summed E-state index contributed by atoms with van der Waals surface area (Å²) in [6.07, 6.45) is 2.36. The Morgan fingerprint density at radius 2 is 1.81 bits per heavy atom. The molecule has 0 radical (unpaired) electrons. The third-order valence-electron chi connectivity index (χ3n) is 5.98. The van der Waals surface area contributed by atoms with Gasteiger partial charge in [0, 0.05) is 48.6 Å². The van der Waals surface area contributed by atoms with E-state index in [2.05, 4.69) is 70.5 Å². The van der Waals surface area contributed by atoms with Crippen molar-refractivity contribution in [2.45, 2.75) is 26.2 Å². The lowest BCUT2D eigenvalue weighted by Gasteiger charge is -2.29. The number of aryl methyl sites for hydroxylation is 2. The van der Waals surface area contributed by atoms with E-state index < -0.39 is 0 Å². The number of oxime groups is 1. The van der Waals surface area contributed by atoms with Crippen molar-refractivity contribution in [1.29, 1.82) is 0 Å². The minimum Gasteiger partial charge on any atom is -0.411 e. The number of rotatable bonds is 6. The number of nitrogens with zero attached hydrogens (tertiary/aromatic N) is 3. The smallest absolute Gasteiger partial charge is 0.0878 e. The monoisotopic (exact) mass is 415 g/mol. The molecule has 0 unspecified atom stereocenters. The molecule has 2 aromatic carbocycles. The molecule has 160 valence electrons. The highest BCUT2D eigenvalue weighted by Crippen LogP contribution is 2.33. The number of aromatic nitrogens is 1. The van der Waals surface area contributed by atoms with Crippen molar-refractivity contribution >= 4 is 11.4 Å². The molecule has 4 rings (SSSR count). The maximum absolute atomic E-state index is 9.85. The maximum atomic E-state index is 9.85. The first-order valence-electron chi connectivity index (χ1n) is 10.8. The number of ether oxygens (including phenoxy) is 1. The predicted molar refractivity (Wildman–Crippen MR) is 124 cm³/mol. The molecule has 5 nitrogen and oxygen atoms in total. The summed E-state index contributed by atoms with van der Waals surface area (Å²) in [6, 6.07) is 21.1. The zero-order valence-corrected chi connectivity index (χ0v) is 18.2. The maximum Gasteiger partial charge on any atom is 0.0878 e. The van der Waals surface area contributed by atoms with Crippen LogP contribution in [0.1, 0.15) is 40.3 Å². The van der Waals surface area contributed by atoms with Gasteiger partial charge in [0.1, 0.15) is 0 Å². The fraction of sp³-hybridized carbons (Fsp3) is 0.308. The number of hydrogen-bond acceptors (Lipinski definition) is 5. The van der Waals surface area contributed by atoms with Gasteiger partial charge in [0.05, 0.1) is 18.9 Å². The van der Waals surface area contributed by atoms with E-state index in [1.54, 1.807) is 6.20 Å². The van der Waals surface area contributed by atoms with Crippen molar-refractivity contribution in [2.24, 2.45) is 5.16 Å². The standard InChI is InChI=1S/C26H29N3O2/c1-19-5-3-4-6-24(19)25(18-26(28-30)22-11-12-27-20(2)17-22)21-7-9-23(10-8-21)29-13-15-31-16-14-29/h3-12,17,25,30H,13-16,18H2,1-2H3/t25-/m1/s1. The summed E-state index contributed by atoms with van der Waals surface area (Å²) in [4.78, 5) is 6.63. The average Bonchev–Trinajstić information content (AvgIpc) is 2.81. The van der Waals surface area contributed by atoms with Gasteiger partial charge in [-0.2, -0.15) is 0 Å². The van der Waals surface area contributed by atoms with Crippen LogP contribution in [0, 0.1) is 13.8 Å². The van der Waals surface area contributed by atoms with Gasteiger partial charge in [-0.15, -0.1) is 0 Å². The van der Waals surface area contributed by atoms with Crippen LogP contribution >= 0.6 is 0 Å². The van der Waals surface area contributed by atoms with Crippen LogP contribution < -0.4 is 4.90 Å². The Morgan fingerprint density at radius 3 is 2.48 bits per heavy atom. The molecule has 1 atom stereocenters. The van der Waals surface area contributed by atoms with Crippen molar-refractivity contribution in [3.05, 3.63) is 94.8 Å². The third-order valence-corrected chi connectivity index (χ3v) is 5.98. The van der Waals surface area contributed by atoms with Crippen LogP contribution in [0.2, 0.25) is 0 Å². The van der Waals surface area contributed by atoms with E-state index in [1.807, 2.05) is 19.1 Å². The van der Waals surface area contributed by atoms with Crippen LogP contribution in [0.3, 0.4) is 0 Å². The van der Waals surface area contributed by atoms with E-state index in [9.17, 15) is 5.21 Å². The van der Waals surface area contributed by atoms with Gasteiger partial charge in [-0.05, 0) is 54.8 Å². The first-order chi connectivity index (χ1) is 15.2. The fourth-order valence-electron chi connectivity index (χ4n) is 4.26. The summed E-state index contributed by atoms with van der Waals surface area (Å²) in [6.45, 7) is 7.47. The van der Waals surface area contributed by atoms with Crippen LogP contribution in [-0.4, -0.2) is 42.2 Å². The summed E-state index contributed by atoms with van der Waals surface area (Å²) in [5.74, 6) is 0.0827. The van der Waals surface area contributed by atoms with Gasteiger partial charge >= 0.3 is 0 Å². The Bertz CT molecular complexity index is 1040. The van der Waals surface area contributed by atoms with Crippen LogP contribution in [0.15, 0.2) is 72.0 Å². The Kier molecular flexibility index (Phi) is 6.63. The van der Waals surface area contributed by atoms with Crippen LogP contribution in [0.4, 0.5) is 5.69 Å². The van der Waals surface area contributed by atoms with Gasteiger partial charge in [-0.3, -0.25) is 4.98 Å². The molecular weight excluding hydrogens is 386 g/mol. The average molecular weight is 416 g/mol. The van der Waals surface area contributed by atoms with Gasteiger partial charge in [-0.25, -0.2) is 0 Å². The van der Waals surface area contributed by atoms with Crippen molar-refractivity contribution in [1.82, 2.24) is 4.98 Å². The third kappa shape index (κ3) is 4.94. The first-order valence-corrected chi connectivity index (χ1v) is 10.8. The first kappa shape index (κ1) is 21.1. The molecular formula is C26H29N3O2. The summed E-state index contributed by atoms with van der Waals surface area (Å²) in [7, 11) is 0. The molecule has 1 saturated heterocycles. The molecule has 1 N–H and O–H groups in total. The lowest BCUT2D eigenvalue weighted by Crippen LogP contribution is -2.36. The number of benzene rings is 2. The van der Waals surface area contributed by atoms with Crippen molar-refractivity contribution in [2.75, 3.05) is 31.2 Å². The van der Waals surface area contributed by atoms with Crippen molar-refractivity contribution in [3.8, 4) is 0 Å². The van der Waals surface area contributed by atoms with Crippen LogP contribution in [-0.2, 0) is 4.74 Å². The van der Waals surface area contributed by atoms with Crippen LogP contribution in [0.5, 0.6) is 0 Å². The zero-order valence-electron chi connectivity index (χ0n) is 18.2. The molecule has 5 heteroatoms. The molecule has 0 amide bonds. The largest absolute Gasteiger partial charge is 0.411 e. The highest BCUT2D eigenvalue weighted by molar-refractivity contribution is 6.01.